The summed E-state index contributed by atoms with van der Waals surface area (Å²) in [6.07, 6.45) is 3.36. The van der Waals surface area contributed by atoms with E-state index in [1.54, 1.807) is 0 Å². The number of aryl methyl sites for hydroxylation is 2. The summed E-state index contributed by atoms with van der Waals surface area (Å²) in [6, 6.07) is 9.58. The molecule has 92 valence electrons. The molecule has 0 saturated heterocycles. The molecule has 1 heterocycles. The van der Waals surface area contributed by atoms with Crippen LogP contribution in [0, 0.1) is 0 Å². The summed E-state index contributed by atoms with van der Waals surface area (Å²) in [5, 5.41) is 0. The van der Waals surface area contributed by atoms with Crippen LogP contribution in [-0.4, -0.2) is 4.98 Å². The maximum absolute atomic E-state index is 5.82. The molecule has 0 bridgehead atoms. The van der Waals surface area contributed by atoms with E-state index in [4.69, 9.17) is 10.5 Å². The van der Waals surface area contributed by atoms with Gasteiger partial charge in [-0.25, -0.2) is 4.98 Å². The number of pyridine rings is 1. The molecule has 0 saturated carbocycles. The molecule has 0 aliphatic heterocycles. The van der Waals surface area contributed by atoms with Gasteiger partial charge in [0.2, 0.25) is 5.88 Å². The predicted octanol–water partition coefficient (Wildman–Crippen LogP) is 3.71. The van der Waals surface area contributed by atoms with Crippen LogP contribution in [0.2, 0.25) is 0 Å². The second kappa shape index (κ2) is 4.61. The zero-order valence-corrected chi connectivity index (χ0v) is 11.4. The van der Waals surface area contributed by atoms with Crippen LogP contribution in [0.1, 0.15) is 17.7 Å². The number of nitrogen functional groups attached to an aromatic ring is 1. The van der Waals surface area contributed by atoms with Gasteiger partial charge in [0, 0.05) is 17.4 Å². The molecular weight excluding hydrogens is 292 g/mol. The minimum absolute atomic E-state index is 0.627. The number of ether oxygens (including phenoxy) is 1. The third-order valence-corrected chi connectivity index (χ3v) is 3.96. The molecule has 3 rings (SSSR count). The maximum atomic E-state index is 5.82. The van der Waals surface area contributed by atoms with Crippen molar-refractivity contribution in [3.63, 3.8) is 0 Å². The minimum Gasteiger partial charge on any atom is -0.438 e. The Balaban J connectivity index is 1.90. The molecule has 4 heteroatoms. The Hall–Kier alpha value is -1.55. The smallest absolute Gasteiger partial charge is 0.219 e. The number of benzene rings is 1. The number of nitrogens with two attached hydrogens (primary N) is 1. The first-order valence-electron chi connectivity index (χ1n) is 5.94. The third kappa shape index (κ3) is 2.08. The summed E-state index contributed by atoms with van der Waals surface area (Å²) >= 11 is 3.42. The van der Waals surface area contributed by atoms with Crippen molar-refractivity contribution in [3.8, 4) is 11.6 Å². The second-order valence-corrected chi connectivity index (χ2v) is 5.16. The summed E-state index contributed by atoms with van der Waals surface area (Å²) in [5.74, 6) is 1.32. The van der Waals surface area contributed by atoms with E-state index in [0.29, 0.717) is 17.3 Å². The summed E-state index contributed by atoms with van der Waals surface area (Å²) in [5.41, 5.74) is 8.98. The van der Waals surface area contributed by atoms with E-state index in [9.17, 15) is 0 Å². The van der Waals surface area contributed by atoms with Crippen molar-refractivity contribution < 1.29 is 4.74 Å². The molecule has 0 unspecified atom stereocenters. The highest BCUT2D eigenvalue weighted by atomic mass is 79.9. The highest BCUT2D eigenvalue weighted by Crippen LogP contribution is 2.33. The van der Waals surface area contributed by atoms with Gasteiger partial charge in [-0.3, -0.25) is 0 Å². The molecule has 1 aromatic heterocycles. The van der Waals surface area contributed by atoms with E-state index in [1.165, 1.54) is 12.0 Å². The van der Waals surface area contributed by atoms with Crippen LogP contribution in [0.15, 0.2) is 34.8 Å². The van der Waals surface area contributed by atoms with Crippen LogP contribution in [0.5, 0.6) is 11.6 Å². The van der Waals surface area contributed by atoms with Crippen molar-refractivity contribution >= 4 is 21.6 Å². The van der Waals surface area contributed by atoms with Crippen molar-refractivity contribution in [1.82, 2.24) is 4.98 Å². The summed E-state index contributed by atoms with van der Waals surface area (Å²) in [7, 11) is 0. The zero-order chi connectivity index (χ0) is 12.5. The number of rotatable bonds is 2. The number of hydrogen-bond acceptors (Lipinski definition) is 3. The van der Waals surface area contributed by atoms with Gasteiger partial charge >= 0.3 is 0 Å². The van der Waals surface area contributed by atoms with Crippen LogP contribution in [0.4, 0.5) is 5.69 Å². The molecule has 1 aliphatic carbocycles. The Morgan fingerprint density at radius 1 is 1.17 bits per heavy atom. The van der Waals surface area contributed by atoms with E-state index in [2.05, 4.69) is 27.0 Å². The number of nitrogens with zero attached hydrogens (tertiary/aromatic N) is 1. The normalized spacial score (nSPS) is 13.4. The van der Waals surface area contributed by atoms with Gasteiger partial charge in [-0.15, -0.1) is 0 Å². The van der Waals surface area contributed by atoms with Crippen LogP contribution in [0.3, 0.4) is 0 Å². The molecule has 2 N–H and O–H groups in total. The quantitative estimate of drug-likeness (QED) is 0.861. The van der Waals surface area contributed by atoms with Crippen LogP contribution < -0.4 is 10.5 Å². The molecular formula is C14H13BrN2O. The number of aromatic nitrogens is 1. The highest BCUT2D eigenvalue weighted by Gasteiger charge is 2.14. The molecule has 3 nitrogen and oxygen atoms in total. The Kier molecular flexibility index (Phi) is 2.96. The Morgan fingerprint density at radius 3 is 2.94 bits per heavy atom. The molecule has 2 aromatic rings. The molecule has 18 heavy (non-hydrogen) atoms. The molecule has 0 radical (unpaired) electrons. The van der Waals surface area contributed by atoms with Gasteiger partial charge in [-0.05, 0) is 52.9 Å². The summed E-state index contributed by atoms with van der Waals surface area (Å²) < 4.78 is 6.55. The Labute approximate surface area is 114 Å². The highest BCUT2D eigenvalue weighted by molar-refractivity contribution is 9.10. The standard InChI is InChI=1S/C14H13BrN2O/c15-14-10(16)4-2-6-12(14)18-13-8-7-9-3-1-5-11(9)17-13/h2,4,6-8H,1,3,5,16H2. The van der Waals surface area contributed by atoms with E-state index < -0.39 is 0 Å². The summed E-state index contributed by atoms with van der Waals surface area (Å²) in [4.78, 5) is 4.54. The van der Waals surface area contributed by atoms with E-state index >= 15 is 0 Å². The van der Waals surface area contributed by atoms with Crippen LogP contribution >= 0.6 is 15.9 Å². The SMILES string of the molecule is Nc1cccc(Oc2ccc3c(n2)CCC3)c1Br. The lowest BCUT2D eigenvalue weighted by molar-refractivity contribution is 0.458. The van der Waals surface area contributed by atoms with Crippen LogP contribution in [-0.2, 0) is 12.8 Å². The van der Waals surface area contributed by atoms with Gasteiger partial charge in [0.05, 0.1) is 4.47 Å². The fourth-order valence-corrected chi connectivity index (χ4v) is 2.52. The molecule has 1 aromatic carbocycles. The molecule has 0 fully saturated rings. The number of hydrogen-bond donors (Lipinski definition) is 1. The fraction of sp³-hybridized carbons (Fsp3) is 0.214. The minimum atomic E-state index is 0.627. The lowest BCUT2D eigenvalue weighted by Gasteiger charge is -2.09. The average molecular weight is 305 g/mol. The second-order valence-electron chi connectivity index (χ2n) is 4.37. The molecule has 1 aliphatic rings. The first-order chi connectivity index (χ1) is 8.74. The topological polar surface area (TPSA) is 48.1 Å². The van der Waals surface area contributed by atoms with Crippen molar-refractivity contribution in [1.29, 1.82) is 0 Å². The fourth-order valence-electron chi connectivity index (χ4n) is 2.18. The van der Waals surface area contributed by atoms with E-state index in [1.807, 2.05) is 24.3 Å². The lowest BCUT2D eigenvalue weighted by atomic mass is 10.2. The number of halogens is 1. The van der Waals surface area contributed by atoms with Crippen molar-refractivity contribution in [3.05, 3.63) is 46.1 Å². The van der Waals surface area contributed by atoms with Gasteiger partial charge in [-0.1, -0.05) is 12.1 Å². The molecule has 0 amide bonds. The van der Waals surface area contributed by atoms with Gasteiger partial charge < -0.3 is 10.5 Å². The number of anilines is 1. The first kappa shape index (κ1) is 11.5. The third-order valence-electron chi connectivity index (χ3n) is 3.11. The molecule has 0 atom stereocenters. The monoisotopic (exact) mass is 304 g/mol. The van der Waals surface area contributed by atoms with E-state index in [-0.39, 0.29) is 0 Å². The maximum Gasteiger partial charge on any atom is 0.219 e. The Morgan fingerprint density at radius 2 is 2.06 bits per heavy atom. The average Bonchev–Trinajstić information content (AvgIpc) is 2.82. The van der Waals surface area contributed by atoms with Crippen LogP contribution in [0.25, 0.3) is 0 Å². The first-order valence-corrected chi connectivity index (χ1v) is 6.74. The zero-order valence-electron chi connectivity index (χ0n) is 9.82. The van der Waals surface area contributed by atoms with Gasteiger partial charge in [0.25, 0.3) is 0 Å². The predicted molar refractivity (Wildman–Crippen MR) is 74.9 cm³/mol. The van der Waals surface area contributed by atoms with Crippen molar-refractivity contribution in [2.24, 2.45) is 0 Å². The van der Waals surface area contributed by atoms with Gasteiger partial charge in [-0.2, -0.15) is 0 Å². The number of fused-ring (bicyclic) bond motifs is 1. The van der Waals surface area contributed by atoms with Crippen molar-refractivity contribution in [2.75, 3.05) is 5.73 Å². The largest absolute Gasteiger partial charge is 0.438 e. The Bertz CT molecular complexity index is 598. The lowest BCUT2D eigenvalue weighted by Crippen LogP contribution is -1.95. The van der Waals surface area contributed by atoms with Gasteiger partial charge in [0.1, 0.15) is 5.75 Å². The van der Waals surface area contributed by atoms with Crippen molar-refractivity contribution in [2.45, 2.75) is 19.3 Å². The molecule has 0 spiro atoms. The van der Waals surface area contributed by atoms with Gasteiger partial charge in [0.15, 0.2) is 0 Å². The summed E-state index contributed by atoms with van der Waals surface area (Å²) in [6.45, 7) is 0. The van der Waals surface area contributed by atoms with E-state index in [0.717, 1.165) is 23.0 Å².